The van der Waals surface area contributed by atoms with E-state index in [1.807, 2.05) is 0 Å². The van der Waals surface area contributed by atoms with Gasteiger partial charge in [0.05, 0.1) is 19.8 Å². The molecule has 1 N–H and O–H groups in total. The van der Waals surface area contributed by atoms with Gasteiger partial charge in [-0.05, 0) is 25.7 Å². The Kier molecular flexibility index (Phi) is 14.3. The van der Waals surface area contributed by atoms with Gasteiger partial charge in [0, 0.05) is 26.2 Å². The van der Waals surface area contributed by atoms with Crippen molar-refractivity contribution in [3.63, 3.8) is 0 Å². The smallest absolute Gasteiger partial charge is 0.220 e. The van der Waals surface area contributed by atoms with Gasteiger partial charge < -0.3 is 19.5 Å². The average Bonchev–Trinajstić information content (AvgIpc) is 2.44. The lowest BCUT2D eigenvalue weighted by molar-refractivity contribution is -0.123. The Labute approximate surface area is 133 Å². The first kappa shape index (κ1) is 21.0. The van der Waals surface area contributed by atoms with Crippen LogP contribution in [0.25, 0.3) is 0 Å². The van der Waals surface area contributed by atoms with Crippen molar-refractivity contribution >= 4 is 11.7 Å². The Balaban J connectivity index is 3.21. The SMILES string of the molecule is CC(=O)COCCOCCNC(=O)CCCOCCC(C)C. The summed E-state index contributed by atoms with van der Waals surface area (Å²) >= 11 is 0. The summed E-state index contributed by atoms with van der Waals surface area (Å²) < 4.78 is 15.8. The van der Waals surface area contributed by atoms with E-state index in [9.17, 15) is 9.59 Å². The van der Waals surface area contributed by atoms with Crippen molar-refractivity contribution < 1.29 is 23.8 Å². The van der Waals surface area contributed by atoms with E-state index in [1.54, 1.807) is 0 Å². The number of carbonyl (C=O) groups excluding carboxylic acids is 2. The third-order valence-corrected chi connectivity index (χ3v) is 2.78. The van der Waals surface area contributed by atoms with Crippen LogP contribution in [0.5, 0.6) is 0 Å². The minimum Gasteiger partial charge on any atom is -0.381 e. The van der Waals surface area contributed by atoms with Crippen LogP contribution in [0.15, 0.2) is 0 Å². The fourth-order valence-electron chi connectivity index (χ4n) is 1.54. The van der Waals surface area contributed by atoms with E-state index in [1.165, 1.54) is 6.92 Å². The number of ether oxygens (including phenoxy) is 3. The van der Waals surface area contributed by atoms with Crippen LogP contribution in [-0.2, 0) is 23.8 Å². The molecule has 0 bridgehead atoms. The first-order valence-electron chi connectivity index (χ1n) is 8.01. The minimum atomic E-state index is 0.000416. The van der Waals surface area contributed by atoms with Crippen LogP contribution in [-0.4, -0.2) is 57.9 Å². The number of rotatable bonds is 15. The Morgan fingerprint density at radius 2 is 1.64 bits per heavy atom. The summed E-state index contributed by atoms with van der Waals surface area (Å²) in [6, 6.07) is 0. The highest BCUT2D eigenvalue weighted by molar-refractivity contribution is 5.76. The topological polar surface area (TPSA) is 73.9 Å². The second-order valence-electron chi connectivity index (χ2n) is 5.62. The standard InChI is InChI=1S/C16H31NO5/c1-14(2)6-9-20-8-4-5-16(19)17-7-10-21-11-12-22-13-15(3)18/h14H,4-13H2,1-3H3,(H,17,19). The number of hydrogen-bond donors (Lipinski definition) is 1. The minimum absolute atomic E-state index is 0.000416. The predicted molar refractivity (Wildman–Crippen MR) is 84.8 cm³/mol. The molecule has 130 valence electrons. The van der Waals surface area contributed by atoms with Gasteiger partial charge in [0.25, 0.3) is 0 Å². The first-order chi connectivity index (χ1) is 10.5. The zero-order valence-corrected chi connectivity index (χ0v) is 14.2. The second kappa shape index (κ2) is 14.9. The molecule has 6 nitrogen and oxygen atoms in total. The molecule has 0 saturated carbocycles. The summed E-state index contributed by atoms with van der Waals surface area (Å²) in [5.74, 6) is 0.667. The third kappa shape index (κ3) is 17.1. The summed E-state index contributed by atoms with van der Waals surface area (Å²) in [6.45, 7) is 9.06. The van der Waals surface area contributed by atoms with Crippen molar-refractivity contribution in [3.05, 3.63) is 0 Å². The molecule has 1 amide bonds. The molecule has 0 aromatic rings. The maximum atomic E-state index is 11.5. The van der Waals surface area contributed by atoms with Crippen molar-refractivity contribution in [1.82, 2.24) is 5.32 Å². The van der Waals surface area contributed by atoms with E-state index in [0.717, 1.165) is 19.4 Å². The largest absolute Gasteiger partial charge is 0.381 e. The molecule has 0 aliphatic carbocycles. The normalized spacial score (nSPS) is 10.9. The van der Waals surface area contributed by atoms with Crippen LogP contribution in [0.3, 0.4) is 0 Å². The maximum absolute atomic E-state index is 11.5. The van der Waals surface area contributed by atoms with Gasteiger partial charge in [-0.1, -0.05) is 13.8 Å². The Hall–Kier alpha value is -0.980. The van der Waals surface area contributed by atoms with Crippen molar-refractivity contribution in [3.8, 4) is 0 Å². The lowest BCUT2D eigenvalue weighted by Gasteiger charge is -2.08. The summed E-state index contributed by atoms with van der Waals surface area (Å²) in [4.78, 5) is 22.1. The molecule has 0 saturated heterocycles. The van der Waals surface area contributed by atoms with Crippen LogP contribution in [0.2, 0.25) is 0 Å². The molecule has 0 aliphatic rings. The van der Waals surface area contributed by atoms with E-state index in [0.29, 0.717) is 45.3 Å². The van der Waals surface area contributed by atoms with Gasteiger partial charge in [-0.3, -0.25) is 9.59 Å². The van der Waals surface area contributed by atoms with Gasteiger partial charge in [0.2, 0.25) is 5.91 Å². The zero-order chi connectivity index (χ0) is 16.6. The van der Waals surface area contributed by atoms with E-state index in [2.05, 4.69) is 19.2 Å². The van der Waals surface area contributed by atoms with Gasteiger partial charge in [-0.2, -0.15) is 0 Å². The predicted octanol–water partition coefficient (Wildman–Crippen LogP) is 1.57. The van der Waals surface area contributed by atoms with Crippen LogP contribution < -0.4 is 5.32 Å². The summed E-state index contributed by atoms with van der Waals surface area (Å²) in [6.07, 6.45) is 2.27. The molecule has 0 aromatic carbocycles. The summed E-state index contributed by atoms with van der Waals surface area (Å²) in [7, 11) is 0. The number of hydrogen-bond acceptors (Lipinski definition) is 5. The lowest BCUT2D eigenvalue weighted by Crippen LogP contribution is -2.27. The molecule has 0 fully saturated rings. The number of Topliss-reactive ketones (excluding diaryl/α,β-unsaturated/α-hetero) is 1. The fourth-order valence-corrected chi connectivity index (χ4v) is 1.54. The van der Waals surface area contributed by atoms with Crippen molar-refractivity contribution in [2.45, 2.75) is 40.0 Å². The molecule has 0 rings (SSSR count). The average molecular weight is 317 g/mol. The molecule has 0 heterocycles. The quantitative estimate of drug-likeness (QED) is 0.464. The van der Waals surface area contributed by atoms with E-state index in [-0.39, 0.29) is 18.3 Å². The Morgan fingerprint density at radius 1 is 0.955 bits per heavy atom. The van der Waals surface area contributed by atoms with E-state index < -0.39 is 0 Å². The number of ketones is 1. The Morgan fingerprint density at radius 3 is 2.32 bits per heavy atom. The van der Waals surface area contributed by atoms with Crippen molar-refractivity contribution in [2.24, 2.45) is 5.92 Å². The molecular weight excluding hydrogens is 286 g/mol. The maximum Gasteiger partial charge on any atom is 0.220 e. The molecular formula is C16H31NO5. The molecule has 22 heavy (non-hydrogen) atoms. The summed E-state index contributed by atoms with van der Waals surface area (Å²) in [5.41, 5.74) is 0. The van der Waals surface area contributed by atoms with Crippen molar-refractivity contribution in [1.29, 1.82) is 0 Å². The first-order valence-corrected chi connectivity index (χ1v) is 8.01. The van der Waals surface area contributed by atoms with Crippen LogP contribution >= 0.6 is 0 Å². The van der Waals surface area contributed by atoms with Crippen LogP contribution in [0.4, 0.5) is 0 Å². The molecule has 6 heteroatoms. The van der Waals surface area contributed by atoms with Crippen LogP contribution in [0, 0.1) is 5.92 Å². The molecule has 0 spiro atoms. The van der Waals surface area contributed by atoms with Gasteiger partial charge in [0.1, 0.15) is 6.61 Å². The molecule has 0 atom stereocenters. The molecule has 0 aliphatic heterocycles. The van der Waals surface area contributed by atoms with Crippen molar-refractivity contribution in [2.75, 3.05) is 46.2 Å². The number of nitrogens with one attached hydrogen (secondary N) is 1. The lowest BCUT2D eigenvalue weighted by atomic mass is 10.1. The van der Waals surface area contributed by atoms with E-state index >= 15 is 0 Å². The molecule has 0 radical (unpaired) electrons. The summed E-state index contributed by atoms with van der Waals surface area (Å²) in [5, 5.41) is 2.79. The van der Waals surface area contributed by atoms with Gasteiger partial charge >= 0.3 is 0 Å². The van der Waals surface area contributed by atoms with Crippen LogP contribution in [0.1, 0.15) is 40.0 Å². The Bertz CT molecular complexity index is 294. The fraction of sp³-hybridized carbons (Fsp3) is 0.875. The highest BCUT2D eigenvalue weighted by Gasteiger charge is 2.01. The number of amides is 1. The third-order valence-electron chi connectivity index (χ3n) is 2.78. The second-order valence-corrected chi connectivity index (χ2v) is 5.62. The molecule has 0 aromatic heterocycles. The molecule has 0 unspecified atom stereocenters. The van der Waals surface area contributed by atoms with Gasteiger partial charge in [-0.15, -0.1) is 0 Å². The highest BCUT2D eigenvalue weighted by Crippen LogP contribution is 1.99. The highest BCUT2D eigenvalue weighted by atomic mass is 16.5. The van der Waals surface area contributed by atoms with Gasteiger partial charge in [-0.25, -0.2) is 0 Å². The van der Waals surface area contributed by atoms with E-state index in [4.69, 9.17) is 14.2 Å². The van der Waals surface area contributed by atoms with Gasteiger partial charge in [0.15, 0.2) is 5.78 Å². The zero-order valence-electron chi connectivity index (χ0n) is 14.2. The monoisotopic (exact) mass is 317 g/mol. The number of carbonyl (C=O) groups is 2.